The summed E-state index contributed by atoms with van der Waals surface area (Å²) in [5, 5.41) is 2.16. The third kappa shape index (κ3) is 5.20. The highest BCUT2D eigenvalue weighted by atomic mass is 32.2. The molecule has 3 aromatic rings. The van der Waals surface area contributed by atoms with Crippen molar-refractivity contribution in [2.45, 2.75) is 13.8 Å². The fourth-order valence-corrected chi connectivity index (χ4v) is 4.46. The number of methoxy groups -OCH3 is 1. The van der Waals surface area contributed by atoms with Crippen molar-refractivity contribution in [3.63, 3.8) is 0 Å². The molecule has 178 valence electrons. The predicted molar refractivity (Wildman–Crippen MR) is 133 cm³/mol. The summed E-state index contributed by atoms with van der Waals surface area (Å²) in [6.07, 6.45) is 1.46. The van der Waals surface area contributed by atoms with Crippen molar-refractivity contribution in [2.24, 2.45) is 0 Å². The third-order valence-corrected chi connectivity index (χ3v) is 6.29. The van der Waals surface area contributed by atoms with E-state index >= 15 is 0 Å². The zero-order valence-electron chi connectivity index (χ0n) is 19.3. The summed E-state index contributed by atoms with van der Waals surface area (Å²) in [4.78, 5) is 50.6. The van der Waals surface area contributed by atoms with Crippen LogP contribution in [0.3, 0.4) is 0 Å². The number of carbonyl (C=O) groups is 4. The maximum Gasteiger partial charge on any atom is 0.338 e. The van der Waals surface area contributed by atoms with E-state index in [0.29, 0.717) is 33.9 Å². The molecule has 0 radical (unpaired) electrons. The topological polar surface area (TPSA) is 106 Å². The Hall–Kier alpha value is -4.11. The van der Waals surface area contributed by atoms with Crippen molar-refractivity contribution >= 4 is 46.5 Å². The number of nitrogens with zero attached hydrogens (tertiary/aromatic N) is 1. The number of rotatable bonds is 6. The quantitative estimate of drug-likeness (QED) is 0.382. The van der Waals surface area contributed by atoms with Gasteiger partial charge in [-0.2, -0.15) is 0 Å². The number of hydrogen-bond donors (Lipinski definition) is 1. The average Bonchev–Trinajstić information content (AvgIpc) is 3.39. The van der Waals surface area contributed by atoms with Gasteiger partial charge in [0, 0.05) is 17.3 Å². The van der Waals surface area contributed by atoms with Gasteiger partial charge < -0.3 is 14.5 Å². The average molecular weight is 491 g/mol. The van der Waals surface area contributed by atoms with Crippen molar-refractivity contribution in [3.05, 3.63) is 82.0 Å². The minimum atomic E-state index is -0.568. The number of amides is 3. The van der Waals surface area contributed by atoms with Gasteiger partial charge in [0.05, 0.1) is 17.6 Å². The normalized spacial score (nSPS) is 14.5. The number of hydrogen-bond acceptors (Lipinski definition) is 7. The first-order valence-electron chi connectivity index (χ1n) is 10.7. The molecule has 0 bridgehead atoms. The smallest absolute Gasteiger partial charge is 0.338 e. The van der Waals surface area contributed by atoms with Gasteiger partial charge in [-0.3, -0.25) is 19.3 Å². The second-order valence-electron chi connectivity index (χ2n) is 7.86. The predicted octanol–water partition coefficient (Wildman–Crippen LogP) is 5.03. The van der Waals surface area contributed by atoms with Crippen LogP contribution in [0, 0.1) is 13.8 Å². The molecule has 2 aromatic carbocycles. The largest absolute Gasteiger partial charge is 0.465 e. The van der Waals surface area contributed by atoms with Crippen LogP contribution in [0.5, 0.6) is 0 Å². The zero-order chi connectivity index (χ0) is 25.1. The number of carbonyl (C=O) groups excluding carboxylic acids is 4. The van der Waals surface area contributed by atoms with Gasteiger partial charge in [-0.05, 0) is 67.1 Å². The van der Waals surface area contributed by atoms with Gasteiger partial charge in [-0.1, -0.05) is 24.3 Å². The summed E-state index contributed by atoms with van der Waals surface area (Å²) >= 11 is 0.742. The molecule has 0 saturated carbocycles. The van der Waals surface area contributed by atoms with Gasteiger partial charge in [0.15, 0.2) is 0 Å². The lowest BCUT2D eigenvalue weighted by Crippen LogP contribution is -2.36. The van der Waals surface area contributed by atoms with E-state index in [9.17, 15) is 19.2 Å². The number of esters is 1. The van der Waals surface area contributed by atoms with E-state index in [1.807, 2.05) is 19.1 Å². The number of benzene rings is 2. The number of furan rings is 1. The van der Waals surface area contributed by atoms with E-state index < -0.39 is 29.6 Å². The SMILES string of the molecule is COC(=O)c1cccc(-c2ccc(/C=C3\SC(=O)N(CC(=O)Nc4cccc(C)c4)C3=O)o2)c1C. The molecule has 0 atom stereocenters. The lowest BCUT2D eigenvalue weighted by atomic mass is 10.0. The molecule has 8 nitrogen and oxygen atoms in total. The summed E-state index contributed by atoms with van der Waals surface area (Å²) in [6, 6.07) is 15.8. The van der Waals surface area contributed by atoms with Gasteiger partial charge in [-0.25, -0.2) is 4.79 Å². The minimum Gasteiger partial charge on any atom is -0.465 e. The van der Waals surface area contributed by atoms with E-state index in [2.05, 4.69) is 5.32 Å². The van der Waals surface area contributed by atoms with Crippen molar-refractivity contribution in [3.8, 4) is 11.3 Å². The van der Waals surface area contributed by atoms with E-state index in [1.165, 1.54) is 13.2 Å². The molecule has 0 aliphatic carbocycles. The molecule has 1 aromatic heterocycles. The Balaban J connectivity index is 1.49. The first-order valence-corrected chi connectivity index (χ1v) is 11.5. The summed E-state index contributed by atoms with van der Waals surface area (Å²) in [5.74, 6) is -0.633. The first-order chi connectivity index (χ1) is 16.8. The zero-order valence-corrected chi connectivity index (χ0v) is 20.1. The number of aryl methyl sites for hydroxylation is 1. The molecule has 9 heteroatoms. The molecule has 1 saturated heterocycles. The third-order valence-electron chi connectivity index (χ3n) is 5.38. The fourth-order valence-electron chi connectivity index (χ4n) is 3.64. The molecule has 1 fully saturated rings. The second kappa shape index (κ2) is 10.0. The molecule has 0 spiro atoms. The molecule has 3 amide bonds. The highest BCUT2D eigenvalue weighted by Crippen LogP contribution is 2.34. The van der Waals surface area contributed by atoms with E-state index in [-0.39, 0.29) is 4.91 Å². The van der Waals surface area contributed by atoms with Gasteiger partial charge in [0.1, 0.15) is 18.1 Å². The maximum atomic E-state index is 12.8. The molecule has 1 aliphatic heterocycles. The Kier molecular flexibility index (Phi) is 6.88. The Labute approximate surface area is 205 Å². The molecule has 2 heterocycles. The number of imide groups is 1. The number of nitrogens with one attached hydrogen (secondary N) is 1. The Morgan fingerprint density at radius 3 is 2.60 bits per heavy atom. The van der Waals surface area contributed by atoms with Crippen LogP contribution in [0.15, 0.2) is 63.9 Å². The molecule has 1 aliphatic rings. The van der Waals surface area contributed by atoms with Gasteiger partial charge in [0.25, 0.3) is 11.1 Å². The van der Waals surface area contributed by atoms with Gasteiger partial charge >= 0.3 is 5.97 Å². The van der Waals surface area contributed by atoms with Crippen LogP contribution in [0.1, 0.15) is 27.2 Å². The van der Waals surface area contributed by atoms with Crippen LogP contribution in [-0.4, -0.2) is 41.6 Å². The highest BCUT2D eigenvalue weighted by Gasteiger charge is 2.36. The maximum absolute atomic E-state index is 12.8. The lowest BCUT2D eigenvalue weighted by Gasteiger charge is -2.12. The van der Waals surface area contributed by atoms with Crippen LogP contribution >= 0.6 is 11.8 Å². The van der Waals surface area contributed by atoms with Gasteiger partial charge in [-0.15, -0.1) is 0 Å². The van der Waals surface area contributed by atoms with Crippen LogP contribution < -0.4 is 5.32 Å². The highest BCUT2D eigenvalue weighted by molar-refractivity contribution is 8.18. The number of ether oxygens (including phenoxy) is 1. The van der Waals surface area contributed by atoms with E-state index in [1.54, 1.807) is 49.4 Å². The molecule has 0 unspecified atom stereocenters. The number of anilines is 1. The Morgan fingerprint density at radius 1 is 1.09 bits per heavy atom. The standard InChI is InChI=1S/C26H22N2O6S/c1-15-6-4-7-17(12-15)27-23(29)14-28-24(30)22(35-26(28)32)13-18-10-11-21(34-18)19-8-5-9-20(16(19)2)25(31)33-3/h4-13H,14H2,1-3H3,(H,27,29)/b22-13-. The lowest BCUT2D eigenvalue weighted by molar-refractivity contribution is -0.127. The molecular weight excluding hydrogens is 468 g/mol. The van der Waals surface area contributed by atoms with Crippen molar-refractivity contribution in [1.29, 1.82) is 0 Å². The molecular formula is C26H22N2O6S. The van der Waals surface area contributed by atoms with Crippen molar-refractivity contribution in [1.82, 2.24) is 4.90 Å². The summed E-state index contributed by atoms with van der Waals surface area (Å²) in [7, 11) is 1.32. The molecule has 4 rings (SSSR count). The Morgan fingerprint density at radius 2 is 1.86 bits per heavy atom. The van der Waals surface area contributed by atoms with E-state index in [0.717, 1.165) is 22.2 Å². The van der Waals surface area contributed by atoms with Crippen LogP contribution in [0.25, 0.3) is 17.4 Å². The van der Waals surface area contributed by atoms with Crippen LogP contribution in [-0.2, 0) is 14.3 Å². The molecule has 1 N–H and O–H groups in total. The van der Waals surface area contributed by atoms with E-state index in [4.69, 9.17) is 9.15 Å². The first kappa shape index (κ1) is 24.0. The monoisotopic (exact) mass is 490 g/mol. The number of thioether (sulfide) groups is 1. The second-order valence-corrected chi connectivity index (χ2v) is 8.85. The fraction of sp³-hybridized carbons (Fsp3) is 0.154. The van der Waals surface area contributed by atoms with Gasteiger partial charge in [0.2, 0.25) is 5.91 Å². The minimum absolute atomic E-state index is 0.152. The Bertz CT molecular complexity index is 1370. The van der Waals surface area contributed by atoms with Crippen LogP contribution in [0.2, 0.25) is 0 Å². The van der Waals surface area contributed by atoms with Crippen molar-refractivity contribution < 1.29 is 28.3 Å². The summed E-state index contributed by atoms with van der Waals surface area (Å²) < 4.78 is 10.7. The van der Waals surface area contributed by atoms with Crippen molar-refractivity contribution in [2.75, 3.05) is 19.0 Å². The molecule has 35 heavy (non-hydrogen) atoms. The van der Waals surface area contributed by atoms with Crippen LogP contribution in [0.4, 0.5) is 10.5 Å². The summed E-state index contributed by atoms with van der Waals surface area (Å²) in [6.45, 7) is 3.30. The summed E-state index contributed by atoms with van der Waals surface area (Å²) in [5.41, 5.74) is 3.39.